The average Bonchev–Trinajstić information content (AvgIpc) is 2.67. The lowest BCUT2D eigenvalue weighted by Crippen LogP contribution is -2.49. The van der Waals surface area contributed by atoms with Crippen LogP contribution in [0.25, 0.3) is 0 Å². The predicted molar refractivity (Wildman–Crippen MR) is 123 cm³/mol. The Labute approximate surface area is 166 Å². The molecular formula is C24H29OPSi. The molecule has 0 amide bonds. The zero-order valence-electron chi connectivity index (χ0n) is 16.9. The molecule has 3 aromatic carbocycles. The van der Waals surface area contributed by atoms with Crippen molar-refractivity contribution in [2.24, 2.45) is 0 Å². The highest BCUT2D eigenvalue weighted by molar-refractivity contribution is 7.68. The van der Waals surface area contributed by atoms with Gasteiger partial charge in [0, 0.05) is 10.6 Å². The fourth-order valence-electron chi connectivity index (χ4n) is 2.95. The van der Waals surface area contributed by atoms with Gasteiger partial charge in [0.05, 0.1) is 8.07 Å². The van der Waals surface area contributed by atoms with E-state index in [1.54, 1.807) is 0 Å². The fraction of sp³-hybridized carbons (Fsp3) is 0.250. The van der Waals surface area contributed by atoms with Gasteiger partial charge in [0.25, 0.3) is 0 Å². The van der Waals surface area contributed by atoms with Gasteiger partial charge >= 0.3 is 0 Å². The van der Waals surface area contributed by atoms with Crippen molar-refractivity contribution in [2.75, 3.05) is 0 Å². The molecule has 0 unspecified atom stereocenters. The van der Waals surface area contributed by atoms with Crippen LogP contribution in [0.2, 0.25) is 18.1 Å². The largest absolute Gasteiger partial charge is 0.465 e. The fourth-order valence-corrected chi connectivity index (χ4v) is 6.85. The molecule has 0 aliphatic heterocycles. The van der Waals surface area contributed by atoms with Gasteiger partial charge in [-0.1, -0.05) is 113 Å². The van der Waals surface area contributed by atoms with Gasteiger partial charge in [-0.2, -0.15) is 0 Å². The summed E-state index contributed by atoms with van der Waals surface area (Å²) in [7, 11) is -2.61. The Morgan fingerprint density at radius 2 is 1.11 bits per heavy atom. The van der Waals surface area contributed by atoms with E-state index in [1.165, 1.54) is 15.8 Å². The molecule has 0 radical (unpaired) electrons. The highest BCUT2D eigenvalue weighted by Crippen LogP contribution is 2.41. The van der Waals surface area contributed by atoms with Gasteiger partial charge in [-0.05, 0) is 16.3 Å². The van der Waals surface area contributed by atoms with E-state index in [4.69, 9.17) is 4.52 Å². The highest BCUT2D eigenvalue weighted by Gasteiger charge is 2.39. The second kappa shape index (κ2) is 8.00. The van der Waals surface area contributed by atoms with Crippen molar-refractivity contribution in [1.29, 1.82) is 0 Å². The van der Waals surface area contributed by atoms with Crippen LogP contribution < -0.4 is 20.3 Å². The minimum atomic E-state index is -1.71. The van der Waals surface area contributed by atoms with Crippen molar-refractivity contribution in [1.82, 2.24) is 0 Å². The van der Waals surface area contributed by atoms with E-state index in [9.17, 15) is 0 Å². The van der Waals surface area contributed by atoms with Crippen LogP contribution in [0, 0.1) is 0 Å². The molecule has 0 saturated carbocycles. The first kappa shape index (κ1) is 19.9. The number of hydrogen-bond acceptors (Lipinski definition) is 1. The minimum Gasteiger partial charge on any atom is -0.465 e. The lowest BCUT2D eigenvalue weighted by Gasteiger charge is -2.38. The molecule has 0 spiro atoms. The van der Waals surface area contributed by atoms with Crippen molar-refractivity contribution in [3.8, 4) is 5.75 Å². The lowest BCUT2D eigenvalue weighted by molar-refractivity contribution is 0.632. The van der Waals surface area contributed by atoms with Gasteiger partial charge in [0.1, 0.15) is 5.75 Å². The summed E-state index contributed by atoms with van der Waals surface area (Å²) in [6.45, 7) is 12.0. The highest BCUT2D eigenvalue weighted by atomic mass is 31.1. The molecule has 3 rings (SSSR count). The first-order valence-electron chi connectivity index (χ1n) is 9.48. The summed E-state index contributed by atoms with van der Waals surface area (Å²) in [6.07, 6.45) is 0. The zero-order valence-corrected chi connectivity index (χ0v) is 18.8. The van der Waals surface area contributed by atoms with E-state index < -0.39 is 16.2 Å². The van der Waals surface area contributed by atoms with Gasteiger partial charge in [-0.3, -0.25) is 0 Å². The van der Waals surface area contributed by atoms with Crippen molar-refractivity contribution in [3.05, 3.63) is 84.9 Å². The monoisotopic (exact) mass is 392 g/mol. The minimum absolute atomic E-state index is 0.259. The molecule has 1 nitrogen and oxygen atoms in total. The maximum atomic E-state index is 6.80. The number of hydrogen-bond donors (Lipinski definition) is 0. The van der Waals surface area contributed by atoms with Crippen molar-refractivity contribution in [3.63, 3.8) is 0 Å². The Morgan fingerprint density at radius 3 is 1.59 bits per heavy atom. The van der Waals surface area contributed by atoms with Crippen molar-refractivity contribution < 1.29 is 4.52 Å². The Bertz CT molecular complexity index is 830. The average molecular weight is 393 g/mol. The van der Waals surface area contributed by atoms with Gasteiger partial charge in [-0.15, -0.1) is 0 Å². The topological polar surface area (TPSA) is 9.23 Å². The predicted octanol–water partition coefficient (Wildman–Crippen LogP) is 5.83. The first-order chi connectivity index (χ1) is 12.8. The number of benzene rings is 3. The molecular weight excluding hydrogens is 363 g/mol. The van der Waals surface area contributed by atoms with Crippen LogP contribution >= 0.6 is 8.15 Å². The quantitative estimate of drug-likeness (QED) is 0.392. The van der Waals surface area contributed by atoms with Gasteiger partial charge in [0.2, 0.25) is 0 Å². The van der Waals surface area contributed by atoms with E-state index in [2.05, 4.69) is 119 Å². The van der Waals surface area contributed by atoms with Crippen molar-refractivity contribution >= 4 is 32.0 Å². The summed E-state index contributed by atoms with van der Waals surface area (Å²) >= 11 is 0. The van der Waals surface area contributed by atoms with E-state index in [-0.39, 0.29) is 5.04 Å². The maximum Gasteiger partial charge on any atom is 0.150 e. The van der Waals surface area contributed by atoms with E-state index >= 15 is 0 Å². The van der Waals surface area contributed by atoms with Gasteiger partial charge in [0.15, 0.2) is 8.15 Å². The summed E-state index contributed by atoms with van der Waals surface area (Å²) in [5.41, 5.74) is 0. The van der Waals surface area contributed by atoms with Crippen LogP contribution in [0.3, 0.4) is 0 Å². The first-order valence-corrected chi connectivity index (χ1v) is 13.7. The Hall–Kier alpha value is -1.89. The zero-order chi connectivity index (χ0) is 19.5. The van der Waals surface area contributed by atoms with Crippen LogP contribution in [0.15, 0.2) is 84.9 Å². The molecule has 0 aliphatic carbocycles. The molecule has 0 N–H and O–H groups in total. The Kier molecular flexibility index (Phi) is 5.88. The Morgan fingerprint density at radius 1 is 0.667 bits per heavy atom. The normalized spacial score (nSPS) is 12.2. The summed E-state index contributed by atoms with van der Waals surface area (Å²) in [5, 5.41) is 4.14. The number of rotatable bonds is 5. The summed E-state index contributed by atoms with van der Waals surface area (Å²) in [4.78, 5) is 0. The molecule has 0 heterocycles. The summed E-state index contributed by atoms with van der Waals surface area (Å²) in [5.74, 6) is 1.04. The summed E-state index contributed by atoms with van der Waals surface area (Å²) in [6, 6.07) is 29.9. The smallest absolute Gasteiger partial charge is 0.150 e. The summed E-state index contributed by atoms with van der Waals surface area (Å²) < 4.78 is 6.80. The third-order valence-corrected chi connectivity index (χ3v) is 13.0. The molecule has 0 bridgehead atoms. The third kappa shape index (κ3) is 4.34. The van der Waals surface area contributed by atoms with Crippen LogP contribution in [0.4, 0.5) is 0 Å². The Balaban J connectivity index is 2.06. The second-order valence-corrected chi connectivity index (χ2v) is 15.5. The molecule has 140 valence electrons. The van der Waals surface area contributed by atoms with Crippen LogP contribution in [-0.4, -0.2) is 8.07 Å². The molecule has 27 heavy (non-hydrogen) atoms. The maximum absolute atomic E-state index is 6.80. The molecule has 0 aliphatic rings. The van der Waals surface area contributed by atoms with E-state index in [1.807, 2.05) is 0 Å². The van der Waals surface area contributed by atoms with Crippen LogP contribution in [0.1, 0.15) is 20.8 Å². The molecule has 3 aromatic rings. The third-order valence-electron chi connectivity index (χ3n) is 5.61. The molecule has 0 saturated heterocycles. The number of para-hydroxylation sites is 1. The van der Waals surface area contributed by atoms with Crippen LogP contribution in [0.5, 0.6) is 5.75 Å². The molecule has 0 aromatic heterocycles. The van der Waals surface area contributed by atoms with Gasteiger partial charge < -0.3 is 4.52 Å². The van der Waals surface area contributed by atoms with E-state index in [0.717, 1.165) is 5.75 Å². The van der Waals surface area contributed by atoms with Crippen LogP contribution in [-0.2, 0) is 0 Å². The standard InChI is InChI=1S/C24H29OPSi/c1-24(2,3)27(4,5)23-19-13-12-18-22(23)25-26(20-14-8-6-9-15-20)21-16-10-7-11-17-21/h6-19H,1-5H3. The van der Waals surface area contributed by atoms with Gasteiger partial charge in [-0.25, -0.2) is 0 Å². The SMILES string of the molecule is CC(C)(C)[Si](C)(C)c1ccccc1OP(c1ccccc1)c1ccccc1. The molecule has 0 fully saturated rings. The molecule has 0 atom stereocenters. The molecule has 3 heteroatoms. The van der Waals surface area contributed by atoms with Crippen molar-refractivity contribution in [2.45, 2.75) is 38.9 Å². The van der Waals surface area contributed by atoms with E-state index in [0.29, 0.717) is 0 Å². The lowest BCUT2D eigenvalue weighted by atomic mass is 10.2. The second-order valence-electron chi connectivity index (χ2n) is 8.43.